The van der Waals surface area contributed by atoms with E-state index in [-0.39, 0.29) is 5.97 Å². The Bertz CT molecular complexity index is 426. The molecule has 0 atom stereocenters. The Hall–Kier alpha value is -0.250. The second kappa shape index (κ2) is 28.0. The normalized spacial score (nSPS) is 11.6. The van der Waals surface area contributed by atoms with Crippen LogP contribution in [0.3, 0.4) is 0 Å². The largest absolute Gasteiger partial charge is 0.464 e. The zero-order valence-corrected chi connectivity index (χ0v) is 23.2. The minimum absolute atomic E-state index is 0.0762. The van der Waals surface area contributed by atoms with E-state index in [1.165, 1.54) is 96.3 Å². The standard InChI is InChI=1S/C28H53Cl2NO2/c1-2-3-4-5-6-7-8-9-10-11-12-13-14-15-16-17-18-19-20-21-28(32)33-27-26-31(24-22-29)25-23-30/h9-10H,2-8,11-27H2,1H3/b10-9-. The summed E-state index contributed by atoms with van der Waals surface area (Å²) in [5.74, 6) is 1.07. The third-order valence-electron chi connectivity index (χ3n) is 6.11. The maximum Gasteiger partial charge on any atom is 0.305 e. The van der Waals surface area contributed by atoms with Gasteiger partial charge < -0.3 is 4.74 Å². The summed E-state index contributed by atoms with van der Waals surface area (Å²) in [5, 5.41) is 0. The van der Waals surface area contributed by atoms with Crippen LogP contribution in [0, 0.1) is 0 Å². The highest BCUT2D eigenvalue weighted by atomic mass is 35.5. The Morgan fingerprint density at radius 3 is 1.61 bits per heavy atom. The molecular weight excluding hydrogens is 453 g/mol. The van der Waals surface area contributed by atoms with Gasteiger partial charge in [-0.1, -0.05) is 96.1 Å². The number of ether oxygens (including phenoxy) is 1. The molecule has 0 aliphatic carbocycles. The number of esters is 1. The minimum atomic E-state index is -0.0762. The van der Waals surface area contributed by atoms with E-state index >= 15 is 0 Å². The van der Waals surface area contributed by atoms with E-state index in [1.807, 2.05) is 0 Å². The number of halogens is 2. The van der Waals surface area contributed by atoms with Crippen LogP contribution in [0.4, 0.5) is 0 Å². The van der Waals surface area contributed by atoms with Gasteiger partial charge in [0.05, 0.1) is 0 Å². The second-order valence-corrected chi connectivity index (χ2v) is 9.94. The SMILES string of the molecule is CCCCCCCC/C=C\CCCCCCCCCCCC(=O)OCCN(CCCl)CCCl. The van der Waals surface area contributed by atoms with Gasteiger partial charge in [0.2, 0.25) is 0 Å². The number of allylic oxidation sites excluding steroid dienone is 2. The van der Waals surface area contributed by atoms with Crippen LogP contribution in [-0.2, 0) is 9.53 Å². The smallest absolute Gasteiger partial charge is 0.305 e. The van der Waals surface area contributed by atoms with E-state index in [0.717, 1.165) is 25.9 Å². The van der Waals surface area contributed by atoms with Crippen LogP contribution >= 0.6 is 23.2 Å². The van der Waals surface area contributed by atoms with Crippen molar-refractivity contribution in [2.45, 2.75) is 122 Å². The van der Waals surface area contributed by atoms with Crippen molar-refractivity contribution < 1.29 is 9.53 Å². The first-order chi connectivity index (χ1) is 16.2. The molecule has 0 radical (unpaired) electrons. The fourth-order valence-electron chi connectivity index (χ4n) is 3.98. The van der Waals surface area contributed by atoms with E-state index in [2.05, 4.69) is 24.0 Å². The molecule has 0 saturated carbocycles. The zero-order valence-electron chi connectivity index (χ0n) is 21.6. The molecule has 0 aromatic rings. The molecule has 0 heterocycles. The molecule has 0 N–H and O–H groups in total. The van der Waals surface area contributed by atoms with Crippen molar-refractivity contribution in [3.8, 4) is 0 Å². The van der Waals surface area contributed by atoms with E-state index < -0.39 is 0 Å². The molecule has 0 unspecified atom stereocenters. The van der Waals surface area contributed by atoms with E-state index in [9.17, 15) is 4.79 Å². The van der Waals surface area contributed by atoms with Crippen LogP contribution in [0.15, 0.2) is 12.2 Å². The fraction of sp³-hybridized carbons (Fsp3) is 0.893. The van der Waals surface area contributed by atoms with Crippen LogP contribution in [0.2, 0.25) is 0 Å². The van der Waals surface area contributed by atoms with Crippen molar-refractivity contribution in [1.29, 1.82) is 0 Å². The van der Waals surface area contributed by atoms with Gasteiger partial charge in [-0.05, 0) is 32.1 Å². The third-order valence-corrected chi connectivity index (χ3v) is 6.45. The van der Waals surface area contributed by atoms with Crippen LogP contribution in [0.25, 0.3) is 0 Å². The van der Waals surface area contributed by atoms with Gasteiger partial charge in [0, 0.05) is 37.8 Å². The summed E-state index contributed by atoms with van der Waals surface area (Å²) in [5.41, 5.74) is 0. The Balaban J connectivity index is 3.30. The quantitative estimate of drug-likeness (QED) is 0.0508. The van der Waals surface area contributed by atoms with Gasteiger partial charge in [-0.15, -0.1) is 23.2 Å². The van der Waals surface area contributed by atoms with Gasteiger partial charge in [-0.25, -0.2) is 0 Å². The van der Waals surface area contributed by atoms with Crippen LogP contribution in [0.5, 0.6) is 0 Å². The molecule has 0 saturated heterocycles. The summed E-state index contributed by atoms with van der Waals surface area (Å²) < 4.78 is 5.33. The molecule has 5 heteroatoms. The average molecular weight is 507 g/mol. The van der Waals surface area contributed by atoms with Crippen LogP contribution < -0.4 is 0 Å². The van der Waals surface area contributed by atoms with Crippen LogP contribution in [-0.4, -0.2) is 48.9 Å². The molecule has 0 bridgehead atoms. The highest BCUT2D eigenvalue weighted by Gasteiger charge is 2.06. The predicted molar refractivity (Wildman–Crippen MR) is 147 cm³/mol. The number of alkyl halides is 2. The maximum absolute atomic E-state index is 11.8. The monoisotopic (exact) mass is 505 g/mol. The first-order valence-electron chi connectivity index (χ1n) is 13.9. The van der Waals surface area contributed by atoms with Gasteiger partial charge in [-0.3, -0.25) is 9.69 Å². The highest BCUT2D eigenvalue weighted by Crippen LogP contribution is 2.12. The lowest BCUT2D eigenvalue weighted by Gasteiger charge is -2.19. The van der Waals surface area contributed by atoms with Crippen molar-refractivity contribution in [2.24, 2.45) is 0 Å². The number of carbonyl (C=O) groups is 1. The number of carbonyl (C=O) groups excluding carboxylic acids is 1. The van der Waals surface area contributed by atoms with Crippen LogP contribution in [0.1, 0.15) is 122 Å². The summed E-state index contributed by atoms with van der Waals surface area (Å²) in [6, 6.07) is 0. The van der Waals surface area contributed by atoms with E-state index in [1.54, 1.807) is 0 Å². The number of hydrogen-bond donors (Lipinski definition) is 0. The van der Waals surface area contributed by atoms with Crippen molar-refractivity contribution in [3.05, 3.63) is 12.2 Å². The summed E-state index contributed by atoms with van der Waals surface area (Å²) in [7, 11) is 0. The van der Waals surface area contributed by atoms with Crippen molar-refractivity contribution in [1.82, 2.24) is 4.90 Å². The molecular formula is C28H53Cl2NO2. The fourth-order valence-corrected chi connectivity index (χ4v) is 4.46. The van der Waals surface area contributed by atoms with Gasteiger partial charge in [0.15, 0.2) is 0 Å². The van der Waals surface area contributed by atoms with E-state index in [0.29, 0.717) is 31.3 Å². The summed E-state index contributed by atoms with van der Waals surface area (Å²) in [4.78, 5) is 14.0. The number of nitrogens with zero attached hydrogens (tertiary/aromatic N) is 1. The molecule has 3 nitrogen and oxygen atoms in total. The first-order valence-corrected chi connectivity index (χ1v) is 15.0. The highest BCUT2D eigenvalue weighted by molar-refractivity contribution is 6.18. The molecule has 0 rings (SSSR count). The van der Waals surface area contributed by atoms with Gasteiger partial charge in [-0.2, -0.15) is 0 Å². The summed E-state index contributed by atoms with van der Waals surface area (Å²) >= 11 is 11.5. The Kier molecular flexibility index (Phi) is 27.8. The zero-order chi connectivity index (χ0) is 24.2. The lowest BCUT2D eigenvalue weighted by atomic mass is 10.1. The molecule has 0 aliphatic rings. The lowest BCUT2D eigenvalue weighted by molar-refractivity contribution is -0.144. The Morgan fingerprint density at radius 1 is 0.667 bits per heavy atom. The molecule has 0 spiro atoms. The molecule has 0 aromatic carbocycles. The summed E-state index contributed by atoms with van der Waals surface area (Å²) in [6.45, 7) is 4.98. The van der Waals surface area contributed by atoms with E-state index in [4.69, 9.17) is 27.9 Å². The van der Waals surface area contributed by atoms with Crippen molar-refractivity contribution in [2.75, 3.05) is 38.0 Å². The number of unbranched alkanes of at least 4 members (excludes halogenated alkanes) is 15. The lowest BCUT2D eigenvalue weighted by Crippen LogP contribution is -2.31. The Labute approximate surface area is 216 Å². The van der Waals surface area contributed by atoms with Gasteiger partial charge in [0.25, 0.3) is 0 Å². The number of rotatable bonds is 26. The molecule has 0 amide bonds. The predicted octanol–water partition coefficient (Wildman–Crippen LogP) is 8.91. The average Bonchev–Trinajstić information content (AvgIpc) is 2.81. The van der Waals surface area contributed by atoms with Crippen molar-refractivity contribution in [3.63, 3.8) is 0 Å². The number of hydrogen-bond acceptors (Lipinski definition) is 3. The molecule has 33 heavy (non-hydrogen) atoms. The topological polar surface area (TPSA) is 29.5 Å². The molecule has 0 fully saturated rings. The van der Waals surface area contributed by atoms with Crippen molar-refractivity contribution >= 4 is 29.2 Å². The molecule has 0 aromatic heterocycles. The van der Waals surface area contributed by atoms with Gasteiger partial charge >= 0.3 is 5.97 Å². The first kappa shape index (κ1) is 32.8. The van der Waals surface area contributed by atoms with Gasteiger partial charge in [0.1, 0.15) is 6.61 Å². The molecule has 196 valence electrons. The Morgan fingerprint density at radius 2 is 1.12 bits per heavy atom. The summed E-state index contributed by atoms with van der Waals surface area (Å²) in [6.07, 6.45) is 27.5. The second-order valence-electron chi connectivity index (χ2n) is 9.19. The minimum Gasteiger partial charge on any atom is -0.464 e. The third kappa shape index (κ3) is 26.2. The maximum atomic E-state index is 11.8. The molecule has 0 aliphatic heterocycles.